The van der Waals surface area contributed by atoms with Gasteiger partial charge in [-0.1, -0.05) is 30.3 Å². The Hall–Kier alpha value is -3.54. The molecule has 2 amide bonds. The molecule has 0 aromatic heterocycles. The van der Waals surface area contributed by atoms with Crippen molar-refractivity contribution in [2.75, 3.05) is 13.2 Å². The van der Waals surface area contributed by atoms with E-state index in [9.17, 15) is 9.59 Å². The normalized spacial score (nSPS) is 10.6. The first-order chi connectivity index (χ1) is 14.1. The average Bonchev–Trinajstić information content (AvgIpc) is 2.73. The molecule has 3 aromatic rings. The van der Waals surface area contributed by atoms with Crippen molar-refractivity contribution in [3.05, 3.63) is 71.3 Å². The van der Waals surface area contributed by atoms with Gasteiger partial charge in [-0.2, -0.15) is 0 Å². The van der Waals surface area contributed by atoms with Gasteiger partial charge in [0.15, 0.2) is 0 Å². The largest absolute Gasteiger partial charge is 0.493 e. The summed E-state index contributed by atoms with van der Waals surface area (Å²) in [7, 11) is 0. The topological polar surface area (TPSA) is 90.7 Å². The monoisotopic (exact) mass is 392 g/mol. The van der Waals surface area contributed by atoms with Crippen LogP contribution in [0.4, 0.5) is 0 Å². The average molecular weight is 392 g/mol. The summed E-state index contributed by atoms with van der Waals surface area (Å²) >= 11 is 0. The molecule has 0 atom stereocenters. The minimum Gasteiger partial charge on any atom is -0.493 e. The Balaban J connectivity index is 2.13. The van der Waals surface area contributed by atoms with Crippen LogP contribution in [0, 0.1) is 0 Å². The number of ether oxygens (including phenoxy) is 2. The molecular weight excluding hydrogens is 368 g/mol. The van der Waals surface area contributed by atoms with Gasteiger partial charge in [-0.3, -0.25) is 9.59 Å². The van der Waals surface area contributed by atoms with E-state index in [1.54, 1.807) is 24.3 Å². The van der Waals surface area contributed by atoms with Crippen molar-refractivity contribution in [1.29, 1.82) is 0 Å². The maximum atomic E-state index is 13.0. The molecule has 3 rings (SSSR count). The summed E-state index contributed by atoms with van der Waals surface area (Å²) in [4.78, 5) is 25.1. The second-order valence-corrected chi connectivity index (χ2v) is 6.37. The van der Waals surface area contributed by atoms with Crippen LogP contribution < -0.4 is 20.5 Å². The molecule has 6 nitrogen and oxygen atoms in total. The number of carbonyl (C=O) groups is 2. The Labute approximate surface area is 169 Å². The third-order valence-corrected chi connectivity index (χ3v) is 4.49. The van der Waals surface area contributed by atoms with Crippen molar-refractivity contribution in [3.63, 3.8) is 0 Å². The van der Waals surface area contributed by atoms with Crippen molar-refractivity contribution < 1.29 is 19.1 Å². The fourth-order valence-electron chi connectivity index (χ4n) is 3.25. The molecule has 0 aliphatic rings. The first-order valence-corrected chi connectivity index (χ1v) is 9.54. The van der Waals surface area contributed by atoms with Crippen molar-refractivity contribution >= 4 is 22.6 Å². The molecule has 0 saturated heterocycles. The van der Waals surface area contributed by atoms with Crippen molar-refractivity contribution in [1.82, 2.24) is 5.32 Å². The summed E-state index contributed by atoms with van der Waals surface area (Å²) < 4.78 is 11.5. The lowest BCUT2D eigenvalue weighted by atomic mass is 9.96. The third-order valence-electron chi connectivity index (χ3n) is 4.49. The number of amides is 2. The summed E-state index contributed by atoms with van der Waals surface area (Å²) in [6.07, 6.45) is 0. The molecule has 0 unspecified atom stereocenters. The predicted octanol–water partition coefficient (Wildman–Crippen LogP) is 3.67. The molecule has 0 heterocycles. The van der Waals surface area contributed by atoms with Crippen molar-refractivity contribution in [2.45, 2.75) is 20.4 Å². The van der Waals surface area contributed by atoms with Gasteiger partial charge < -0.3 is 20.5 Å². The highest BCUT2D eigenvalue weighted by Crippen LogP contribution is 2.38. The van der Waals surface area contributed by atoms with Crippen LogP contribution in [0.1, 0.15) is 40.1 Å². The minimum absolute atomic E-state index is 0.245. The van der Waals surface area contributed by atoms with E-state index in [1.165, 1.54) is 0 Å². The fourth-order valence-corrected chi connectivity index (χ4v) is 3.25. The van der Waals surface area contributed by atoms with Crippen molar-refractivity contribution in [3.8, 4) is 11.5 Å². The van der Waals surface area contributed by atoms with E-state index >= 15 is 0 Å². The first kappa shape index (κ1) is 20.2. The van der Waals surface area contributed by atoms with Gasteiger partial charge in [-0.25, -0.2) is 0 Å². The maximum absolute atomic E-state index is 13.0. The van der Waals surface area contributed by atoms with E-state index in [-0.39, 0.29) is 11.5 Å². The van der Waals surface area contributed by atoms with Gasteiger partial charge in [0.2, 0.25) is 5.91 Å². The summed E-state index contributed by atoms with van der Waals surface area (Å²) in [6.45, 7) is 4.96. The van der Waals surface area contributed by atoms with Crippen LogP contribution in [-0.2, 0) is 6.54 Å². The molecule has 0 bridgehead atoms. The molecule has 0 aliphatic heterocycles. The molecule has 0 fully saturated rings. The lowest BCUT2D eigenvalue weighted by Crippen LogP contribution is -2.24. The fraction of sp³-hybridized carbons (Fsp3) is 0.217. The molecule has 3 aromatic carbocycles. The predicted molar refractivity (Wildman–Crippen MR) is 112 cm³/mol. The smallest absolute Gasteiger partial charge is 0.252 e. The number of benzene rings is 3. The van der Waals surface area contributed by atoms with Gasteiger partial charge in [-0.05, 0) is 43.7 Å². The van der Waals surface area contributed by atoms with E-state index in [1.807, 2.05) is 44.2 Å². The van der Waals surface area contributed by atoms with Gasteiger partial charge in [-0.15, -0.1) is 0 Å². The van der Waals surface area contributed by atoms with Gasteiger partial charge in [0.1, 0.15) is 11.5 Å². The molecule has 29 heavy (non-hydrogen) atoms. The Morgan fingerprint density at radius 1 is 0.828 bits per heavy atom. The highest BCUT2D eigenvalue weighted by Gasteiger charge is 2.21. The summed E-state index contributed by atoms with van der Waals surface area (Å²) in [5.74, 6) is 0.143. The zero-order valence-corrected chi connectivity index (χ0v) is 16.5. The number of carbonyl (C=O) groups excluding carboxylic acids is 2. The Bertz CT molecular complexity index is 1020. The van der Waals surface area contributed by atoms with Gasteiger partial charge in [0.25, 0.3) is 5.91 Å². The van der Waals surface area contributed by atoms with Gasteiger partial charge >= 0.3 is 0 Å². The van der Waals surface area contributed by atoms with Crippen LogP contribution >= 0.6 is 0 Å². The Morgan fingerprint density at radius 2 is 1.41 bits per heavy atom. The molecule has 0 radical (unpaired) electrons. The second-order valence-electron chi connectivity index (χ2n) is 6.37. The molecule has 0 aliphatic carbocycles. The maximum Gasteiger partial charge on any atom is 0.252 e. The van der Waals surface area contributed by atoms with E-state index in [2.05, 4.69) is 5.32 Å². The number of fused-ring (bicyclic) bond motifs is 1. The quantitative estimate of drug-likeness (QED) is 0.612. The first-order valence-electron chi connectivity index (χ1n) is 9.54. The zero-order valence-electron chi connectivity index (χ0n) is 16.5. The molecule has 0 saturated carbocycles. The number of hydrogen-bond acceptors (Lipinski definition) is 4. The second kappa shape index (κ2) is 9.10. The van der Waals surface area contributed by atoms with E-state index < -0.39 is 5.91 Å². The van der Waals surface area contributed by atoms with Crippen molar-refractivity contribution in [2.24, 2.45) is 5.73 Å². The van der Waals surface area contributed by atoms with Crippen LogP contribution in [-0.4, -0.2) is 25.0 Å². The van der Waals surface area contributed by atoms with Crippen LogP contribution in [0.25, 0.3) is 10.8 Å². The SMILES string of the molecule is CCOc1ccc(C(N)=O)c2c(C(=O)NCc3ccccc3)ccc(OCC)c12. The van der Waals surface area contributed by atoms with Crippen LogP contribution in [0.3, 0.4) is 0 Å². The number of nitrogens with one attached hydrogen (secondary N) is 1. The summed E-state index contributed by atoms with van der Waals surface area (Å²) in [5, 5.41) is 3.90. The van der Waals surface area contributed by atoms with Gasteiger partial charge in [0, 0.05) is 23.1 Å². The van der Waals surface area contributed by atoms with Gasteiger partial charge in [0.05, 0.1) is 18.6 Å². The highest BCUT2D eigenvalue weighted by atomic mass is 16.5. The number of nitrogens with two attached hydrogens (primary N) is 1. The molecule has 150 valence electrons. The van der Waals surface area contributed by atoms with E-state index in [0.717, 1.165) is 5.56 Å². The lowest BCUT2D eigenvalue weighted by Gasteiger charge is -2.17. The Kier molecular flexibility index (Phi) is 6.34. The minimum atomic E-state index is -0.621. The summed E-state index contributed by atoms with van der Waals surface area (Å²) in [6, 6.07) is 16.2. The highest BCUT2D eigenvalue weighted by molar-refractivity contribution is 6.18. The molecular formula is C23H24N2O4. The molecule has 6 heteroatoms. The molecule has 3 N–H and O–H groups in total. The lowest BCUT2D eigenvalue weighted by molar-refractivity contribution is 0.0952. The van der Waals surface area contributed by atoms with E-state index in [4.69, 9.17) is 15.2 Å². The van der Waals surface area contributed by atoms with Crippen LogP contribution in [0.5, 0.6) is 11.5 Å². The number of primary amides is 1. The van der Waals surface area contributed by atoms with E-state index in [0.29, 0.717) is 47.6 Å². The van der Waals surface area contributed by atoms with Crippen LogP contribution in [0.2, 0.25) is 0 Å². The number of rotatable bonds is 8. The zero-order chi connectivity index (χ0) is 20.8. The Morgan fingerprint density at radius 3 is 1.97 bits per heavy atom. The molecule has 0 spiro atoms. The summed E-state index contributed by atoms with van der Waals surface area (Å²) in [5.41, 5.74) is 7.17. The third kappa shape index (κ3) is 4.32. The number of hydrogen-bond donors (Lipinski definition) is 2. The van der Waals surface area contributed by atoms with Crippen LogP contribution in [0.15, 0.2) is 54.6 Å². The standard InChI is InChI=1S/C23H24N2O4/c1-3-28-18-12-10-16(22(24)26)20-17(11-13-19(21(18)20)29-4-2)23(27)25-14-15-8-6-5-7-9-15/h5-13H,3-4,14H2,1-2H3,(H2,24,26)(H,25,27).